The molecule has 2 atom stereocenters. The normalized spacial score (nSPS) is 23.3. The van der Waals surface area contributed by atoms with Crippen molar-refractivity contribution in [3.63, 3.8) is 0 Å². The molecule has 4 aliphatic heterocycles. The van der Waals surface area contributed by atoms with Crippen LogP contribution in [-0.4, -0.2) is 70.4 Å². The SMILES string of the molecule is Oc1cc(-c2c(F)cc3c(N4CC5CCC(C4)N5)nc(OCC45CCCN4CCC5)nc3c2F)c2c(Cl)cccc2c1. The number of ether oxygens (including phenoxy) is 1. The molecule has 0 saturated carbocycles. The maximum Gasteiger partial charge on any atom is 0.319 e. The Morgan fingerprint density at radius 3 is 2.57 bits per heavy atom. The number of aromatic nitrogens is 2. The van der Waals surface area contributed by atoms with E-state index in [9.17, 15) is 5.11 Å². The lowest BCUT2D eigenvalue weighted by atomic mass is 9.95. The smallest absolute Gasteiger partial charge is 0.319 e. The number of aromatic hydroxyl groups is 1. The summed E-state index contributed by atoms with van der Waals surface area (Å²) in [5.41, 5.74) is -0.158. The highest BCUT2D eigenvalue weighted by molar-refractivity contribution is 6.36. The van der Waals surface area contributed by atoms with Crippen LogP contribution in [0.4, 0.5) is 14.6 Å². The number of nitrogens with one attached hydrogen (secondary N) is 1. The number of benzene rings is 3. The molecule has 0 spiro atoms. The topological polar surface area (TPSA) is 73.8 Å². The summed E-state index contributed by atoms with van der Waals surface area (Å²) in [7, 11) is 0. The lowest BCUT2D eigenvalue weighted by Gasteiger charge is -2.34. The highest BCUT2D eigenvalue weighted by atomic mass is 35.5. The molecule has 42 heavy (non-hydrogen) atoms. The monoisotopic (exact) mass is 591 g/mol. The van der Waals surface area contributed by atoms with Crippen LogP contribution < -0.4 is 15.0 Å². The summed E-state index contributed by atoms with van der Waals surface area (Å²) in [5.74, 6) is -1.22. The van der Waals surface area contributed by atoms with Gasteiger partial charge in [-0.3, -0.25) is 4.90 Å². The summed E-state index contributed by atoms with van der Waals surface area (Å²) in [6, 6.07) is 10.1. The molecule has 218 valence electrons. The molecule has 4 saturated heterocycles. The number of hydrogen-bond acceptors (Lipinski definition) is 7. The van der Waals surface area contributed by atoms with Gasteiger partial charge in [-0.15, -0.1) is 0 Å². The molecule has 4 fully saturated rings. The lowest BCUT2D eigenvalue weighted by Crippen LogP contribution is -2.51. The maximum absolute atomic E-state index is 16.7. The molecule has 8 rings (SSSR count). The number of anilines is 1. The Kier molecular flexibility index (Phi) is 6.21. The fourth-order valence-electron chi connectivity index (χ4n) is 7.91. The summed E-state index contributed by atoms with van der Waals surface area (Å²) < 4.78 is 39.1. The van der Waals surface area contributed by atoms with E-state index in [0.29, 0.717) is 58.8 Å². The minimum Gasteiger partial charge on any atom is -0.508 e. The van der Waals surface area contributed by atoms with Crippen molar-refractivity contribution in [2.75, 3.05) is 37.7 Å². The van der Waals surface area contributed by atoms with Gasteiger partial charge in [0.15, 0.2) is 5.82 Å². The third-order valence-electron chi connectivity index (χ3n) is 9.82. The van der Waals surface area contributed by atoms with Gasteiger partial charge in [0.1, 0.15) is 29.5 Å². The van der Waals surface area contributed by atoms with Crippen LogP contribution in [0.25, 0.3) is 32.8 Å². The molecule has 3 aromatic carbocycles. The van der Waals surface area contributed by atoms with E-state index in [1.54, 1.807) is 18.2 Å². The predicted molar refractivity (Wildman–Crippen MR) is 159 cm³/mol. The van der Waals surface area contributed by atoms with Gasteiger partial charge >= 0.3 is 6.01 Å². The Labute approximate surface area is 247 Å². The van der Waals surface area contributed by atoms with Crippen molar-refractivity contribution in [2.45, 2.75) is 56.1 Å². The van der Waals surface area contributed by atoms with Crippen molar-refractivity contribution < 1.29 is 18.6 Å². The number of nitrogens with zero attached hydrogens (tertiary/aromatic N) is 4. The van der Waals surface area contributed by atoms with Crippen molar-refractivity contribution >= 4 is 39.1 Å². The minimum absolute atomic E-state index is 0.00646. The number of rotatable bonds is 5. The average Bonchev–Trinajstić information content (AvgIpc) is 3.65. The van der Waals surface area contributed by atoms with Gasteiger partial charge in [0, 0.05) is 46.5 Å². The molecule has 4 aliphatic rings. The highest BCUT2D eigenvalue weighted by Crippen LogP contribution is 2.43. The third kappa shape index (κ3) is 4.19. The van der Waals surface area contributed by atoms with Gasteiger partial charge in [0.25, 0.3) is 0 Å². The highest BCUT2D eigenvalue weighted by Gasteiger charge is 2.45. The van der Waals surface area contributed by atoms with Crippen LogP contribution in [0.5, 0.6) is 11.8 Å². The first-order chi connectivity index (χ1) is 20.4. The Morgan fingerprint density at radius 2 is 1.81 bits per heavy atom. The van der Waals surface area contributed by atoms with E-state index in [1.807, 2.05) is 0 Å². The molecular formula is C32H32ClF2N5O2. The number of phenols is 1. The molecule has 2 unspecified atom stereocenters. The number of fused-ring (bicyclic) bond motifs is 5. The molecule has 1 aromatic heterocycles. The lowest BCUT2D eigenvalue weighted by molar-refractivity contribution is 0.108. The third-order valence-corrected chi connectivity index (χ3v) is 10.1. The first kappa shape index (κ1) is 26.4. The molecule has 0 radical (unpaired) electrons. The van der Waals surface area contributed by atoms with E-state index < -0.39 is 11.6 Å². The molecule has 0 aliphatic carbocycles. The van der Waals surface area contributed by atoms with Gasteiger partial charge in [0.05, 0.1) is 11.1 Å². The average molecular weight is 592 g/mol. The second-order valence-corrected chi connectivity index (χ2v) is 12.8. The summed E-state index contributed by atoms with van der Waals surface area (Å²) in [6.07, 6.45) is 6.50. The summed E-state index contributed by atoms with van der Waals surface area (Å²) >= 11 is 6.53. The van der Waals surface area contributed by atoms with E-state index in [-0.39, 0.29) is 33.9 Å². The van der Waals surface area contributed by atoms with Gasteiger partial charge in [-0.1, -0.05) is 23.7 Å². The number of phenolic OH excluding ortho intramolecular Hbond substituents is 1. The number of hydrogen-bond donors (Lipinski definition) is 2. The van der Waals surface area contributed by atoms with Crippen LogP contribution in [0.2, 0.25) is 5.02 Å². The van der Waals surface area contributed by atoms with Gasteiger partial charge < -0.3 is 20.1 Å². The zero-order valence-electron chi connectivity index (χ0n) is 23.2. The van der Waals surface area contributed by atoms with Crippen LogP contribution in [-0.2, 0) is 0 Å². The van der Waals surface area contributed by atoms with Gasteiger partial charge in [0.2, 0.25) is 0 Å². The van der Waals surface area contributed by atoms with E-state index in [0.717, 1.165) is 51.6 Å². The second-order valence-electron chi connectivity index (χ2n) is 12.4. The van der Waals surface area contributed by atoms with E-state index in [2.05, 4.69) is 20.1 Å². The van der Waals surface area contributed by atoms with E-state index in [1.165, 1.54) is 18.2 Å². The summed E-state index contributed by atoms with van der Waals surface area (Å²) in [6.45, 7) is 3.95. The zero-order valence-corrected chi connectivity index (χ0v) is 23.9. The molecule has 4 aromatic rings. The van der Waals surface area contributed by atoms with Crippen molar-refractivity contribution in [3.8, 4) is 22.9 Å². The van der Waals surface area contributed by atoms with Gasteiger partial charge in [-0.05, 0) is 81.3 Å². The molecular weight excluding hydrogens is 560 g/mol. The van der Waals surface area contributed by atoms with Crippen molar-refractivity contribution in [1.82, 2.24) is 20.2 Å². The summed E-state index contributed by atoms with van der Waals surface area (Å²) in [4.78, 5) is 14.0. The van der Waals surface area contributed by atoms with Crippen LogP contribution >= 0.6 is 11.6 Å². The summed E-state index contributed by atoms with van der Waals surface area (Å²) in [5, 5.41) is 15.8. The van der Waals surface area contributed by atoms with Crippen molar-refractivity contribution in [2.24, 2.45) is 0 Å². The standard InChI is InChI=1S/C32H32ClF2N5O2/c33-24-5-1-4-18-12-21(41)13-22(26(18)24)27-25(34)14-23-29(28(27)35)37-31(42-17-32-8-2-10-40(32)11-3-9-32)38-30(23)39-15-19-6-7-20(16-39)36-19/h1,4-5,12-14,19-20,36,41H,2-3,6-11,15-17H2. The zero-order chi connectivity index (χ0) is 28.6. The Hall–Kier alpha value is -3.27. The fraction of sp³-hybridized carbons (Fsp3) is 0.438. The second kappa shape index (κ2) is 9.89. The first-order valence-electron chi connectivity index (χ1n) is 14.9. The van der Waals surface area contributed by atoms with Crippen LogP contribution in [0.1, 0.15) is 38.5 Å². The van der Waals surface area contributed by atoms with Crippen LogP contribution in [0.15, 0.2) is 36.4 Å². The number of halogens is 3. The Morgan fingerprint density at radius 1 is 1.05 bits per heavy atom. The Bertz CT molecular complexity index is 1710. The largest absolute Gasteiger partial charge is 0.508 e. The van der Waals surface area contributed by atoms with Crippen LogP contribution in [0.3, 0.4) is 0 Å². The number of piperazine rings is 1. The molecule has 0 amide bonds. The van der Waals surface area contributed by atoms with Crippen molar-refractivity contribution in [3.05, 3.63) is 53.1 Å². The van der Waals surface area contributed by atoms with E-state index in [4.69, 9.17) is 21.3 Å². The quantitative estimate of drug-likeness (QED) is 0.293. The molecule has 10 heteroatoms. The van der Waals surface area contributed by atoms with Crippen molar-refractivity contribution in [1.29, 1.82) is 0 Å². The predicted octanol–water partition coefficient (Wildman–Crippen LogP) is 6.04. The molecule has 5 heterocycles. The van der Waals surface area contributed by atoms with Gasteiger partial charge in [-0.25, -0.2) is 8.78 Å². The maximum atomic E-state index is 16.7. The van der Waals surface area contributed by atoms with Crippen LogP contribution in [0, 0.1) is 11.6 Å². The molecule has 7 nitrogen and oxygen atoms in total. The Balaban J connectivity index is 1.29. The molecule has 2 bridgehead atoms. The molecule has 2 N–H and O–H groups in total. The minimum atomic E-state index is -0.829. The van der Waals surface area contributed by atoms with E-state index >= 15 is 8.78 Å². The first-order valence-corrected chi connectivity index (χ1v) is 15.3. The fourth-order valence-corrected chi connectivity index (χ4v) is 8.19. The van der Waals surface area contributed by atoms with Gasteiger partial charge in [-0.2, -0.15) is 9.97 Å².